The predicted molar refractivity (Wildman–Crippen MR) is 50.4 cm³/mol. The third-order valence-electron chi connectivity index (χ3n) is 1.93. The second kappa shape index (κ2) is 4.72. The minimum absolute atomic E-state index is 0.143. The number of alkyl halides is 1. The largest absolute Gasteiger partial charge is 0.481 e. The van der Waals surface area contributed by atoms with Crippen LogP contribution in [0, 0.1) is 0 Å². The van der Waals surface area contributed by atoms with Crippen LogP contribution in [0.25, 0.3) is 0 Å². The third-order valence-corrected chi connectivity index (χ3v) is 1.93. The molecule has 14 heavy (non-hydrogen) atoms. The average molecular weight is 197 g/mol. The number of carboxylic acid groups (broad SMARTS) is 1. The van der Waals surface area contributed by atoms with Gasteiger partial charge in [0.15, 0.2) is 0 Å². The van der Waals surface area contributed by atoms with E-state index in [2.05, 4.69) is 0 Å². The van der Waals surface area contributed by atoms with Gasteiger partial charge in [0.1, 0.15) is 6.67 Å². The van der Waals surface area contributed by atoms with E-state index in [1.807, 2.05) is 0 Å². The van der Waals surface area contributed by atoms with Crippen LogP contribution in [-0.4, -0.2) is 11.1 Å². The van der Waals surface area contributed by atoms with Crippen molar-refractivity contribution in [3.05, 3.63) is 35.4 Å². The Morgan fingerprint density at radius 2 is 2.29 bits per heavy atom. The molecule has 1 atom stereocenters. The molecule has 1 aromatic rings. The summed E-state index contributed by atoms with van der Waals surface area (Å²) in [6.45, 7) is -0.562. The van der Waals surface area contributed by atoms with Gasteiger partial charge in [-0.25, -0.2) is 4.39 Å². The number of nitrogens with two attached hydrogens (primary N) is 1. The Bertz CT molecular complexity index is 328. The molecule has 0 aliphatic carbocycles. The molecule has 3 nitrogen and oxygen atoms in total. The molecule has 0 bridgehead atoms. The van der Waals surface area contributed by atoms with Gasteiger partial charge >= 0.3 is 5.97 Å². The molecule has 0 heterocycles. The van der Waals surface area contributed by atoms with E-state index in [9.17, 15) is 9.18 Å². The van der Waals surface area contributed by atoms with Gasteiger partial charge in [0, 0.05) is 6.04 Å². The summed E-state index contributed by atoms with van der Waals surface area (Å²) in [4.78, 5) is 10.4. The molecule has 1 unspecified atom stereocenters. The predicted octanol–water partition coefficient (Wildman–Crippen LogP) is 1.63. The molecule has 0 fully saturated rings. The van der Waals surface area contributed by atoms with Crippen LogP contribution < -0.4 is 5.73 Å². The maximum atomic E-state index is 12.3. The molecule has 0 saturated carbocycles. The van der Waals surface area contributed by atoms with E-state index in [4.69, 9.17) is 10.8 Å². The molecule has 0 amide bonds. The van der Waals surface area contributed by atoms with Crippen LogP contribution in [0.4, 0.5) is 4.39 Å². The van der Waals surface area contributed by atoms with Gasteiger partial charge in [0.25, 0.3) is 0 Å². The topological polar surface area (TPSA) is 63.3 Å². The highest BCUT2D eigenvalue weighted by Gasteiger charge is 2.10. The van der Waals surface area contributed by atoms with E-state index in [-0.39, 0.29) is 6.42 Å². The van der Waals surface area contributed by atoms with Gasteiger partial charge in [-0.15, -0.1) is 0 Å². The number of carboxylic acids is 1. The van der Waals surface area contributed by atoms with Crippen molar-refractivity contribution in [3.8, 4) is 0 Å². The molecule has 4 heteroatoms. The highest BCUT2D eigenvalue weighted by atomic mass is 19.1. The molecule has 1 rings (SSSR count). The fourth-order valence-corrected chi connectivity index (χ4v) is 1.21. The lowest BCUT2D eigenvalue weighted by molar-refractivity contribution is -0.137. The maximum absolute atomic E-state index is 12.3. The van der Waals surface area contributed by atoms with E-state index in [0.29, 0.717) is 11.1 Å². The number of aliphatic carboxylic acids is 1. The fourth-order valence-electron chi connectivity index (χ4n) is 1.21. The molecule has 0 aliphatic rings. The molecule has 0 aliphatic heterocycles. The smallest absolute Gasteiger partial charge is 0.305 e. The SMILES string of the molecule is NC(CC(=O)O)c1cccc(CF)c1. The first-order chi connectivity index (χ1) is 6.63. The Hall–Kier alpha value is -1.42. The summed E-state index contributed by atoms with van der Waals surface area (Å²) in [5.41, 5.74) is 6.79. The number of halogens is 1. The minimum atomic E-state index is -0.955. The highest BCUT2D eigenvalue weighted by Crippen LogP contribution is 2.16. The number of hydrogen-bond donors (Lipinski definition) is 2. The fraction of sp³-hybridized carbons (Fsp3) is 0.300. The van der Waals surface area contributed by atoms with Gasteiger partial charge in [-0.3, -0.25) is 4.79 Å². The van der Waals surface area contributed by atoms with Crippen molar-refractivity contribution < 1.29 is 14.3 Å². The van der Waals surface area contributed by atoms with Crippen molar-refractivity contribution in [2.75, 3.05) is 0 Å². The average Bonchev–Trinajstić information content (AvgIpc) is 2.17. The van der Waals surface area contributed by atoms with E-state index in [1.54, 1.807) is 24.3 Å². The molecule has 0 saturated heterocycles. The minimum Gasteiger partial charge on any atom is -0.481 e. The molecule has 0 aromatic heterocycles. The van der Waals surface area contributed by atoms with Gasteiger partial charge in [0.05, 0.1) is 6.42 Å². The highest BCUT2D eigenvalue weighted by molar-refractivity contribution is 5.67. The van der Waals surface area contributed by atoms with Crippen LogP contribution in [0.5, 0.6) is 0 Å². The van der Waals surface area contributed by atoms with Crippen LogP contribution in [0.1, 0.15) is 23.6 Å². The maximum Gasteiger partial charge on any atom is 0.305 e. The van der Waals surface area contributed by atoms with E-state index in [0.717, 1.165) is 0 Å². The van der Waals surface area contributed by atoms with Crippen LogP contribution in [0.15, 0.2) is 24.3 Å². The van der Waals surface area contributed by atoms with Crippen molar-refractivity contribution in [1.29, 1.82) is 0 Å². The summed E-state index contributed by atoms with van der Waals surface area (Å²) in [7, 11) is 0. The van der Waals surface area contributed by atoms with Crippen LogP contribution in [0.2, 0.25) is 0 Å². The normalized spacial score (nSPS) is 12.4. The zero-order valence-corrected chi connectivity index (χ0v) is 7.61. The first-order valence-electron chi connectivity index (χ1n) is 4.25. The summed E-state index contributed by atoms with van der Waals surface area (Å²) in [6, 6.07) is 6.03. The van der Waals surface area contributed by atoms with Crippen LogP contribution in [0.3, 0.4) is 0 Å². The molecule has 0 radical (unpaired) electrons. The lowest BCUT2D eigenvalue weighted by Gasteiger charge is -2.09. The molecular formula is C10H12FNO2. The first-order valence-corrected chi connectivity index (χ1v) is 4.25. The Balaban J connectivity index is 2.78. The van der Waals surface area contributed by atoms with Crippen molar-refractivity contribution in [2.24, 2.45) is 5.73 Å². The number of hydrogen-bond acceptors (Lipinski definition) is 2. The summed E-state index contributed by atoms with van der Waals surface area (Å²) >= 11 is 0. The van der Waals surface area contributed by atoms with E-state index in [1.165, 1.54) is 0 Å². The summed E-state index contributed by atoms with van der Waals surface area (Å²) in [6.07, 6.45) is -0.143. The quantitative estimate of drug-likeness (QED) is 0.771. The number of benzene rings is 1. The van der Waals surface area contributed by atoms with Crippen LogP contribution in [-0.2, 0) is 11.5 Å². The Morgan fingerprint density at radius 1 is 1.57 bits per heavy atom. The standard InChI is InChI=1S/C10H12FNO2/c11-6-7-2-1-3-8(4-7)9(12)5-10(13)14/h1-4,9H,5-6,12H2,(H,13,14). The molecule has 0 spiro atoms. The van der Waals surface area contributed by atoms with E-state index < -0.39 is 18.7 Å². The molecule has 1 aromatic carbocycles. The van der Waals surface area contributed by atoms with Gasteiger partial charge in [-0.2, -0.15) is 0 Å². The van der Waals surface area contributed by atoms with Gasteiger partial charge in [-0.1, -0.05) is 24.3 Å². The number of carbonyl (C=O) groups is 1. The van der Waals surface area contributed by atoms with Gasteiger partial charge in [-0.05, 0) is 11.1 Å². The monoisotopic (exact) mass is 197 g/mol. The van der Waals surface area contributed by atoms with Crippen molar-refractivity contribution in [1.82, 2.24) is 0 Å². The Morgan fingerprint density at radius 3 is 2.86 bits per heavy atom. The third kappa shape index (κ3) is 2.81. The van der Waals surface area contributed by atoms with Crippen LogP contribution >= 0.6 is 0 Å². The Kier molecular flexibility index (Phi) is 3.59. The zero-order chi connectivity index (χ0) is 10.6. The lowest BCUT2D eigenvalue weighted by Crippen LogP contribution is -2.15. The summed E-state index contributed by atoms with van der Waals surface area (Å²) < 4.78 is 12.3. The van der Waals surface area contributed by atoms with Gasteiger partial charge < -0.3 is 10.8 Å². The summed E-state index contributed by atoms with van der Waals surface area (Å²) in [5, 5.41) is 8.52. The summed E-state index contributed by atoms with van der Waals surface area (Å²) in [5.74, 6) is -0.955. The molecule has 76 valence electrons. The lowest BCUT2D eigenvalue weighted by atomic mass is 10.0. The second-order valence-corrected chi connectivity index (χ2v) is 3.08. The van der Waals surface area contributed by atoms with Crippen molar-refractivity contribution in [3.63, 3.8) is 0 Å². The van der Waals surface area contributed by atoms with E-state index >= 15 is 0 Å². The Labute approximate surface area is 81.4 Å². The first kappa shape index (κ1) is 10.7. The zero-order valence-electron chi connectivity index (χ0n) is 7.61. The molecule has 3 N–H and O–H groups in total. The van der Waals surface area contributed by atoms with Gasteiger partial charge in [0.2, 0.25) is 0 Å². The second-order valence-electron chi connectivity index (χ2n) is 3.08. The number of rotatable bonds is 4. The van der Waals surface area contributed by atoms with Crippen molar-refractivity contribution >= 4 is 5.97 Å². The molecular weight excluding hydrogens is 185 g/mol. The van der Waals surface area contributed by atoms with Crippen molar-refractivity contribution in [2.45, 2.75) is 19.1 Å².